The van der Waals surface area contributed by atoms with Gasteiger partial charge in [0.15, 0.2) is 0 Å². The molecular formula is C11H15FN2. The molecule has 0 aliphatic carbocycles. The van der Waals surface area contributed by atoms with Crippen LogP contribution in [0.1, 0.15) is 18.5 Å². The van der Waals surface area contributed by atoms with Crippen molar-refractivity contribution < 1.29 is 4.39 Å². The molecule has 3 heteroatoms. The van der Waals surface area contributed by atoms with E-state index in [4.69, 9.17) is 0 Å². The standard InChI is InChI=1S/C11H15FN2/c12-10(11-5-3-7-14-11)8-9-4-1-2-6-13-9/h1-2,4,6,10-11,14H,3,5,7-8H2. The van der Waals surface area contributed by atoms with Gasteiger partial charge in [-0.1, -0.05) is 6.07 Å². The molecule has 2 nitrogen and oxygen atoms in total. The van der Waals surface area contributed by atoms with Crippen LogP contribution >= 0.6 is 0 Å². The Labute approximate surface area is 83.6 Å². The van der Waals surface area contributed by atoms with Crippen LogP contribution in [0.15, 0.2) is 24.4 Å². The Morgan fingerprint density at radius 3 is 3.14 bits per heavy atom. The van der Waals surface area contributed by atoms with E-state index in [0.717, 1.165) is 25.1 Å². The number of nitrogens with one attached hydrogen (secondary N) is 1. The Kier molecular flexibility index (Phi) is 3.09. The lowest BCUT2D eigenvalue weighted by Gasteiger charge is -2.15. The van der Waals surface area contributed by atoms with Gasteiger partial charge in [-0.3, -0.25) is 4.98 Å². The summed E-state index contributed by atoms with van der Waals surface area (Å²) in [5, 5.41) is 3.17. The maximum absolute atomic E-state index is 13.7. The first-order valence-corrected chi connectivity index (χ1v) is 5.13. The van der Waals surface area contributed by atoms with Crippen molar-refractivity contribution in [1.29, 1.82) is 0 Å². The van der Waals surface area contributed by atoms with Crippen LogP contribution in [0, 0.1) is 0 Å². The van der Waals surface area contributed by atoms with E-state index in [1.807, 2.05) is 18.2 Å². The van der Waals surface area contributed by atoms with E-state index in [9.17, 15) is 4.39 Å². The number of hydrogen-bond donors (Lipinski definition) is 1. The summed E-state index contributed by atoms with van der Waals surface area (Å²) >= 11 is 0. The lowest BCUT2D eigenvalue weighted by Crippen LogP contribution is -2.33. The fraction of sp³-hybridized carbons (Fsp3) is 0.545. The molecule has 2 atom stereocenters. The minimum Gasteiger partial charge on any atom is -0.311 e. The molecular weight excluding hydrogens is 179 g/mol. The fourth-order valence-corrected chi connectivity index (χ4v) is 1.88. The topological polar surface area (TPSA) is 24.9 Å². The first-order valence-electron chi connectivity index (χ1n) is 5.13. The molecule has 2 rings (SSSR count). The average molecular weight is 194 g/mol. The lowest BCUT2D eigenvalue weighted by molar-refractivity contribution is 0.262. The highest BCUT2D eigenvalue weighted by Crippen LogP contribution is 2.15. The predicted molar refractivity (Wildman–Crippen MR) is 53.9 cm³/mol. The molecule has 1 aliphatic rings. The van der Waals surface area contributed by atoms with Crippen LogP contribution in [-0.2, 0) is 6.42 Å². The second-order valence-corrected chi connectivity index (χ2v) is 3.74. The van der Waals surface area contributed by atoms with Crippen LogP contribution in [0.2, 0.25) is 0 Å². The molecule has 0 bridgehead atoms. The van der Waals surface area contributed by atoms with Gasteiger partial charge in [-0.25, -0.2) is 4.39 Å². The molecule has 1 aromatic rings. The largest absolute Gasteiger partial charge is 0.311 e. The Balaban J connectivity index is 1.90. The normalized spacial score (nSPS) is 23.6. The second-order valence-electron chi connectivity index (χ2n) is 3.74. The van der Waals surface area contributed by atoms with Gasteiger partial charge < -0.3 is 5.32 Å². The van der Waals surface area contributed by atoms with E-state index in [-0.39, 0.29) is 6.04 Å². The van der Waals surface area contributed by atoms with Crippen LogP contribution in [0.4, 0.5) is 4.39 Å². The summed E-state index contributed by atoms with van der Waals surface area (Å²) in [4.78, 5) is 4.12. The van der Waals surface area contributed by atoms with Gasteiger partial charge >= 0.3 is 0 Å². The first-order chi connectivity index (χ1) is 6.86. The highest BCUT2D eigenvalue weighted by atomic mass is 19.1. The fourth-order valence-electron chi connectivity index (χ4n) is 1.88. The number of alkyl halides is 1. The van der Waals surface area contributed by atoms with Crippen LogP contribution in [-0.4, -0.2) is 23.7 Å². The van der Waals surface area contributed by atoms with E-state index in [2.05, 4.69) is 10.3 Å². The lowest BCUT2D eigenvalue weighted by atomic mass is 10.1. The predicted octanol–water partition coefficient (Wildman–Crippen LogP) is 1.71. The summed E-state index contributed by atoms with van der Waals surface area (Å²) in [6.45, 7) is 0.952. The van der Waals surface area contributed by atoms with E-state index >= 15 is 0 Å². The maximum Gasteiger partial charge on any atom is 0.121 e. The number of halogens is 1. The quantitative estimate of drug-likeness (QED) is 0.792. The Morgan fingerprint density at radius 1 is 1.57 bits per heavy atom. The third-order valence-electron chi connectivity index (χ3n) is 2.67. The van der Waals surface area contributed by atoms with Crippen molar-refractivity contribution in [3.63, 3.8) is 0 Å². The van der Waals surface area contributed by atoms with E-state index in [1.54, 1.807) is 6.20 Å². The summed E-state index contributed by atoms with van der Waals surface area (Å²) in [6.07, 6.45) is 3.39. The smallest absolute Gasteiger partial charge is 0.121 e. The summed E-state index contributed by atoms with van der Waals surface area (Å²) in [7, 11) is 0. The molecule has 1 aromatic heterocycles. The second kappa shape index (κ2) is 4.51. The third-order valence-corrected chi connectivity index (χ3v) is 2.67. The van der Waals surface area contributed by atoms with Crippen molar-refractivity contribution >= 4 is 0 Å². The molecule has 1 saturated heterocycles. The zero-order valence-electron chi connectivity index (χ0n) is 8.12. The monoisotopic (exact) mass is 194 g/mol. The van der Waals surface area contributed by atoms with E-state index in [1.165, 1.54) is 0 Å². The van der Waals surface area contributed by atoms with Crippen molar-refractivity contribution in [2.24, 2.45) is 0 Å². The van der Waals surface area contributed by atoms with Crippen molar-refractivity contribution in [2.75, 3.05) is 6.54 Å². The van der Waals surface area contributed by atoms with Crippen LogP contribution in [0.5, 0.6) is 0 Å². The Bertz CT molecular complexity index is 270. The number of hydrogen-bond acceptors (Lipinski definition) is 2. The van der Waals surface area contributed by atoms with Crippen molar-refractivity contribution in [3.8, 4) is 0 Å². The van der Waals surface area contributed by atoms with Gasteiger partial charge in [-0.15, -0.1) is 0 Å². The third kappa shape index (κ3) is 2.29. The molecule has 0 spiro atoms. The molecule has 0 radical (unpaired) electrons. The zero-order valence-corrected chi connectivity index (χ0v) is 8.12. The van der Waals surface area contributed by atoms with Gasteiger partial charge in [0, 0.05) is 24.4 Å². The molecule has 1 N–H and O–H groups in total. The average Bonchev–Trinajstić information content (AvgIpc) is 2.72. The first kappa shape index (κ1) is 9.59. The molecule has 2 unspecified atom stereocenters. The van der Waals surface area contributed by atoms with Gasteiger partial charge in [0.25, 0.3) is 0 Å². The van der Waals surface area contributed by atoms with Crippen LogP contribution < -0.4 is 5.32 Å². The van der Waals surface area contributed by atoms with Crippen molar-refractivity contribution in [1.82, 2.24) is 10.3 Å². The molecule has 1 fully saturated rings. The molecule has 76 valence electrons. The molecule has 14 heavy (non-hydrogen) atoms. The van der Waals surface area contributed by atoms with Crippen LogP contribution in [0.25, 0.3) is 0 Å². The summed E-state index contributed by atoms with van der Waals surface area (Å²) in [5.41, 5.74) is 0.841. The Morgan fingerprint density at radius 2 is 2.50 bits per heavy atom. The molecule has 0 aromatic carbocycles. The maximum atomic E-state index is 13.7. The number of nitrogens with zero attached hydrogens (tertiary/aromatic N) is 1. The minimum absolute atomic E-state index is 0.0389. The number of rotatable bonds is 3. The molecule has 0 saturated carbocycles. The SMILES string of the molecule is FC(Cc1ccccn1)C1CCCN1. The van der Waals surface area contributed by atoms with Crippen molar-refractivity contribution in [3.05, 3.63) is 30.1 Å². The zero-order chi connectivity index (χ0) is 9.80. The van der Waals surface area contributed by atoms with Crippen LogP contribution in [0.3, 0.4) is 0 Å². The summed E-state index contributed by atoms with van der Waals surface area (Å²) in [6, 6.07) is 5.67. The molecule has 0 amide bonds. The van der Waals surface area contributed by atoms with Gasteiger partial charge in [0.2, 0.25) is 0 Å². The van der Waals surface area contributed by atoms with Gasteiger partial charge in [-0.2, -0.15) is 0 Å². The van der Waals surface area contributed by atoms with Gasteiger partial charge in [0.1, 0.15) is 6.17 Å². The van der Waals surface area contributed by atoms with Gasteiger partial charge in [-0.05, 0) is 31.5 Å². The van der Waals surface area contributed by atoms with E-state index in [0.29, 0.717) is 6.42 Å². The number of aromatic nitrogens is 1. The summed E-state index contributed by atoms with van der Waals surface area (Å²) < 4.78 is 13.7. The van der Waals surface area contributed by atoms with Gasteiger partial charge in [0.05, 0.1) is 0 Å². The van der Waals surface area contributed by atoms with Crippen molar-refractivity contribution in [2.45, 2.75) is 31.5 Å². The number of pyridine rings is 1. The summed E-state index contributed by atoms with van der Waals surface area (Å²) in [5.74, 6) is 0. The highest BCUT2D eigenvalue weighted by molar-refractivity contribution is 5.05. The highest BCUT2D eigenvalue weighted by Gasteiger charge is 2.24. The van der Waals surface area contributed by atoms with E-state index < -0.39 is 6.17 Å². The Hall–Kier alpha value is -0.960. The molecule has 1 aliphatic heterocycles. The molecule has 2 heterocycles. The minimum atomic E-state index is -0.799.